The number of cyclic esters (lactones) is 2. The van der Waals surface area contributed by atoms with E-state index in [0.29, 0.717) is 0 Å². The largest absolute Gasteiger partial charge is 0.462 e. The molecule has 0 saturated carbocycles. The van der Waals surface area contributed by atoms with Crippen LogP contribution in [0.4, 0.5) is 0 Å². The Hall–Kier alpha value is -1.65. The molecule has 1 rings (SSSR count). The molecule has 1 unspecified atom stereocenters. The zero-order chi connectivity index (χ0) is 9.84. The fraction of sp³-hybridized carbons (Fsp3) is 0.375. The molecule has 1 heterocycles. The molecule has 0 aliphatic carbocycles. The van der Waals surface area contributed by atoms with Crippen LogP contribution < -0.4 is 0 Å². The van der Waals surface area contributed by atoms with Crippen molar-refractivity contribution in [3.8, 4) is 0 Å². The predicted molar refractivity (Wildman–Crippen MR) is 40.4 cm³/mol. The van der Waals surface area contributed by atoms with Gasteiger partial charge in [-0.15, -0.1) is 0 Å². The van der Waals surface area contributed by atoms with Crippen molar-refractivity contribution in [2.45, 2.75) is 6.42 Å². The van der Waals surface area contributed by atoms with Crippen molar-refractivity contribution >= 4 is 17.9 Å². The summed E-state index contributed by atoms with van der Waals surface area (Å²) in [5, 5.41) is 0. The molecule has 0 aromatic carbocycles. The van der Waals surface area contributed by atoms with Crippen molar-refractivity contribution in [3.63, 3.8) is 0 Å². The molecule has 5 nitrogen and oxygen atoms in total. The highest BCUT2D eigenvalue weighted by molar-refractivity contribution is 5.94. The molecule has 0 aromatic rings. The van der Waals surface area contributed by atoms with Crippen molar-refractivity contribution in [3.05, 3.63) is 12.7 Å². The first kappa shape index (κ1) is 9.44. The van der Waals surface area contributed by atoms with Crippen LogP contribution in [0.2, 0.25) is 0 Å². The molecule has 70 valence electrons. The van der Waals surface area contributed by atoms with Gasteiger partial charge < -0.3 is 9.47 Å². The molecule has 1 fully saturated rings. The Kier molecular flexibility index (Phi) is 2.79. The monoisotopic (exact) mass is 184 g/mol. The normalized spacial score (nSPS) is 21.1. The van der Waals surface area contributed by atoms with Crippen molar-refractivity contribution in [1.29, 1.82) is 0 Å². The molecule has 0 spiro atoms. The summed E-state index contributed by atoms with van der Waals surface area (Å²) < 4.78 is 8.83. The van der Waals surface area contributed by atoms with Gasteiger partial charge in [-0.3, -0.25) is 9.59 Å². The van der Waals surface area contributed by atoms with Crippen molar-refractivity contribution in [2.75, 3.05) is 6.61 Å². The second-order valence-electron chi connectivity index (χ2n) is 2.53. The zero-order valence-electron chi connectivity index (χ0n) is 6.82. The van der Waals surface area contributed by atoms with Crippen molar-refractivity contribution in [1.82, 2.24) is 0 Å². The van der Waals surface area contributed by atoms with Gasteiger partial charge in [0.1, 0.15) is 12.5 Å². The average molecular weight is 184 g/mol. The van der Waals surface area contributed by atoms with E-state index in [4.69, 9.17) is 0 Å². The fourth-order valence-electron chi connectivity index (χ4n) is 0.890. The number of hydrogen-bond acceptors (Lipinski definition) is 5. The summed E-state index contributed by atoms with van der Waals surface area (Å²) >= 11 is 0. The molecule has 0 bridgehead atoms. The van der Waals surface area contributed by atoms with Crippen LogP contribution in [-0.2, 0) is 23.9 Å². The molecular weight excluding hydrogens is 176 g/mol. The van der Waals surface area contributed by atoms with Gasteiger partial charge in [-0.05, 0) is 0 Å². The van der Waals surface area contributed by atoms with Crippen LogP contribution >= 0.6 is 0 Å². The van der Waals surface area contributed by atoms with E-state index < -0.39 is 23.8 Å². The predicted octanol–water partition coefficient (Wildman–Crippen LogP) is -0.195. The lowest BCUT2D eigenvalue weighted by Gasteiger charge is -2.03. The Morgan fingerprint density at radius 2 is 2.38 bits per heavy atom. The molecule has 0 radical (unpaired) electrons. The van der Waals surface area contributed by atoms with E-state index in [1.165, 1.54) is 0 Å². The third-order valence-electron chi connectivity index (χ3n) is 1.55. The minimum Gasteiger partial charge on any atom is -0.462 e. The molecule has 5 heteroatoms. The number of carbonyl (C=O) groups excluding carboxylic acids is 3. The fourth-order valence-corrected chi connectivity index (χ4v) is 0.890. The van der Waals surface area contributed by atoms with E-state index in [1.54, 1.807) is 0 Å². The van der Waals surface area contributed by atoms with Gasteiger partial charge in [0, 0.05) is 6.08 Å². The number of ether oxygens (including phenoxy) is 2. The Bertz CT molecular complexity index is 268. The standard InChI is InChI=1S/C8H8O5/c1-2-6(9)12-4-5-3-7(10)13-8(5)11/h2,5H,1,3-4H2. The van der Waals surface area contributed by atoms with E-state index in [2.05, 4.69) is 16.1 Å². The van der Waals surface area contributed by atoms with Crippen molar-refractivity contribution < 1.29 is 23.9 Å². The SMILES string of the molecule is C=CC(=O)OCC1CC(=O)OC1=O. The average Bonchev–Trinajstić information content (AvgIpc) is 2.41. The molecule has 1 saturated heterocycles. The number of carbonyl (C=O) groups is 3. The van der Waals surface area contributed by atoms with Gasteiger partial charge >= 0.3 is 17.9 Å². The van der Waals surface area contributed by atoms with Crippen LogP contribution in [0.1, 0.15) is 6.42 Å². The maximum Gasteiger partial charge on any atom is 0.330 e. The van der Waals surface area contributed by atoms with Crippen LogP contribution in [0.25, 0.3) is 0 Å². The van der Waals surface area contributed by atoms with E-state index in [0.717, 1.165) is 6.08 Å². The first-order valence-electron chi connectivity index (χ1n) is 3.67. The highest BCUT2D eigenvalue weighted by Gasteiger charge is 2.34. The first-order valence-corrected chi connectivity index (χ1v) is 3.67. The summed E-state index contributed by atoms with van der Waals surface area (Å²) in [4.78, 5) is 32.0. The van der Waals surface area contributed by atoms with E-state index in [-0.39, 0.29) is 13.0 Å². The van der Waals surface area contributed by atoms with E-state index in [9.17, 15) is 14.4 Å². The van der Waals surface area contributed by atoms with Gasteiger partial charge in [-0.1, -0.05) is 6.58 Å². The molecule has 0 amide bonds. The second kappa shape index (κ2) is 3.84. The maximum absolute atomic E-state index is 10.8. The molecular formula is C8H8O5. The summed E-state index contributed by atoms with van der Waals surface area (Å²) in [6.45, 7) is 3.05. The van der Waals surface area contributed by atoms with Crippen LogP contribution in [0.15, 0.2) is 12.7 Å². The number of hydrogen-bond donors (Lipinski definition) is 0. The molecule has 1 aliphatic heterocycles. The minimum absolute atomic E-state index is 0.0245. The topological polar surface area (TPSA) is 69.7 Å². The lowest BCUT2D eigenvalue weighted by atomic mass is 10.1. The molecule has 0 N–H and O–H groups in total. The second-order valence-corrected chi connectivity index (χ2v) is 2.53. The molecule has 1 atom stereocenters. The first-order chi connectivity index (χ1) is 6.13. The van der Waals surface area contributed by atoms with Crippen LogP contribution in [0, 0.1) is 5.92 Å². The lowest BCUT2D eigenvalue weighted by molar-refractivity contribution is -0.153. The van der Waals surface area contributed by atoms with Crippen molar-refractivity contribution in [2.24, 2.45) is 5.92 Å². The lowest BCUT2D eigenvalue weighted by Crippen LogP contribution is -2.16. The van der Waals surface area contributed by atoms with Gasteiger partial charge in [0.25, 0.3) is 0 Å². The zero-order valence-corrected chi connectivity index (χ0v) is 6.82. The Morgan fingerprint density at radius 1 is 1.69 bits per heavy atom. The Balaban J connectivity index is 2.37. The van der Waals surface area contributed by atoms with E-state index >= 15 is 0 Å². The third kappa shape index (κ3) is 2.40. The highest BCUT2D eigenvalue weighted by Crippen LogP contribution is 2.15. The highest BCUT2D eigenvalue weighted by atomic mass is 16.6. The smallest absolute Gasteiger partial charge is 0.330 e. The summed E-state index contributed by atoms with van der Waals surface area (Å²) in [6.07, 6.45) is 0.964. The van der Waals surface area contributed by atoms with Gasteiger partial charge in [0.05, 0.1) is 6.42 Å². The van der Waals surface area contributed by atoms with Crippen LogP contribution in [-0.4, -0.2) is 24.5 Å². The third-order valence-corrected chi connectivity index (χ3v) is 1.55. The van der Waals surface area contributed by atoms with Gasteiger partial charge in [-0.2, -0.15) is 0 Å². The van der Waals surface area contributed by atoms with Gasteiger partial charge in [0.15, 0.2) is 0 Å². The molecule has 1 aliphatic rings. The summed E-state index contributed by atoms with van der Waals surface area (Å²) in [6, 6.07) is 0. The summed E-state index contributed by atoms with van der Waals surface area (Å²) in [5.41, 5.74) is 0. The Morgan fingerprint density at radius 3 is 2.85 bits per heavy atom. The van der Waals surface area contributed by atoms with Crippen LogP contribution in [0.5, 0.6) is 0 Å². The summed E-state index contributed by atoms with van der Waals surface area (Å²) in [5.74, 6) is -2.49. The number of rotatable bonds is 3. The Labute approximate surface area is 74.3 Å². The minimum atomic E-state index is -0.656. The van der Waals surface area contributed by atoms with Crippen LogP contribution in [0.3, 0.4) is 0 Å². The van der Waals surface area contributed by atoms with Gasteiger partial charge in [-0.25, -0.2) is 4.79 Å². The maximum atomic E-state index is 10.8. The summed E-state index contributed by atoms with van der Waals surface area (Å²) in [7, 11) is 0. The molecule has 13 heavy (non-hydrogen) atoms. The quantitative estimate of drug-likeness (QED) is 0.345. The molecule has 0 aromatic heterocycles. The van der Waals surface area contributed by atoms with E-state index in [1.807, 2.05) is 0 Å². The van der Waals surface area contributed by atoms with Gasteiger partial charge in [0.2, 0.25) is 0 Å². The number of esters is 3.